The van der Waals surface area contributed by atoms with Gasteiger partial charge in [0.2, 0.25) is 5.60 Å². The van der Waals surface area contributed by atoms with Crippen LogP contribution in [0.25, 0.3) is 10.8 Å². The second-order valence-electron chi connectivity index (χ2n) is 9.05. The monoisotopic (exact) mass is 409 g/mol. The number of rotatable bonds is 1. The molecule has 6 rings (SSSR count). The fraction of sp³-hybridized carbons (Fsp3) is 0.478. The van der Waals surface area contributed by atoms with Crippen LogP contribution in [0.4, 0.5) is 0 Å². The van der Waals surface area contributed by atoms with Crippen molar-refractivity contribution in [3.8, 4) is 0 Å². The second kappa shape index (κ2) is 5.48. The Morgan fingerprint density at radius 1 is 1.13 bits per heavy atom. The summed E-state index contributed by atoms with van der Waals surface area (Å²) in [6.45, 7) is 4.08. The molecule has 5 atom stereocenters. The molecule has 0 bridgehead atoms. The molecule has 30 heavy (non-hydrogen) atoms. The third kappa shape index (κ3) is 1.78. The van der Waals surface area contributed by atoms with Gasteiger partial charge in [0, 0.05) is 18.0 Å². The number of methoxy groups -OCH3 is 1. The van der Waals surface area contributed by atoms with E-state index < -0.39 is 41.2 Å². The smallest absolute Gasteiger partial charge is 0.341 e. The molecule has 4 aliphatic rings. The average molecular weight is 409 g/mol. The number of ether oxygens (including phenoxy) is 4. The highest BCUT2D eigenvalue weighted by Gasteiger charge is 2.82. The zero-order valence-electron chi connectivity index (χ0n) is 17.3. The molecule has 0 radical (unpaired) electrons. The van der Waals surface area contributed by atoms with Crippen LogP contribution in [0.3, 0.4) is 0 Å². The minimum atomic E-state index is -1.56. The van der Waals surface area contributed by atoms with Gasteiger partial charge >= 0.3 is 5.97 Å². The highest BCUT2D eigenvalue weighted by Crippen LogP contribution is 2.63. The van der Waals surface area contributed by atoms with Gasteiger partial charge in [-0.2, -0.15) is 0 Å². The van der Waals surface area contributed by atoms with Crippen molar-refractivity contribution >= 4 is 22.5 Å². The molecular formula is C23H23NO6. The van der Waals surface area contributed by atoms with Gasteiger partial charge in [-0.15, -0.1) is 0 Å². The first-order valence-corrected chi connectivity index (χ1v) is 10.2. The van der Waals surface area contributed by atoms with Crippen LogP contribution in [0.2, 0.25) is 0 Å². The maximum absolute atomic E-state index is 14.1. The quantitative estimate of drug-likeness (QED) is 0.669. The molecule has 1 spiro atoms. The lowest BCUT2D eigenvalue weighted by atomic mass is 9.70. The zero-order chi connectivity index (χ0) is 21.1. The summed E-state index contributed by atoms with van der Waals surface area (Å²) in [4.78, 5) is 29.6. The van der Waals surface area contributed by atoms with Crippen molar-refractivity contribution in [3.63, 3.8) is 0 Å². The first-order chi connectivity index (χ1) is 14.3. The summed E-state index contributed by atoms with van der Waals surface area (Å²) in [5.74, 6) is -1.97. The Balaban J connectivity index is 1.65. The number of Topliss-reactive ketones (excluding diaryl/α,β-unsaturated/α-hetero) is 1. The Bertz CT molecular complexity index is 1120. The van der Waals surface area contributed by atoms with E-state index in [1.165, 1.54) is 7.11 Å². The SMILES string of the molecule is COC(=O)[C@]12OC3OC(C)(C)OC3[C@H]1CN(C)[C@@]21C(=O)c2cccc3cccc1c23. The van der Waals surface area contributed by atoms with E-state index in [9.17, 15) is 9.59 Å². The van der Waals surface area contributed by atoms with Crippen molar-refractivity contribution in [2.75, 3.05) is 20.7 Å². The van der Waals surface area contributed by atoms with Crippen LogP contribution in [0.1, 0.15) is 29.8 Å². The molecule has 156 valence electrons. The summed E-state index contributed by atoms with van der Waals surface area (Å²) < 4.78 is 23.8. The van der Waals surface area contributed by atoms with Gasteiger partial charge < -0.3 is 18.9 Å². The number of likely N-dealkylation sites (tertiary alicyclic amines) is 1. The van der Waals surface area contributed by atoms with Crippen molar-refractivity contribution in [2.45, 2.75) is 43.2 Å². The van der Waals surface area contributed by atoms with Gasteiger partial charge in [0.1, 0.15) is 6.10 Å². The Hall–Kier alpha value is -2.32. The van der Waals surface area contributed by atoms with Crippen LogP contribution < -0.4 is 0 Å². The molecule has 1 aliphatic carbocycles. The number of nitrogens with zero attached hydrogens (tertiary/aromatic N) is 1. The number of ketones is 1. The lowest BCUT2D eigenvalue weighted by Crippen LogP contribution is -2.64. The Morgan fingerprint density at radius 3 is 2.60 bits per heavy atom. The van der Waals surface area contributed by atoms with Gasteiger partial charge in [0.25, 0.3) is 0 Å². The predicted octanol–water partition coefficient (Wildman–Crippen LogP) is 2.21. The summed E-state index contributed by atoms with van der Waals surface area (Å²) in [5, 5.41) is 1.82. The molecule has 3 fully saturated rings. The number of carbonyl (C=O) groups is 2. The fourth-order valence-corrected chi connectivity index (χ4v) is 6.32. The third-order valence-corrected chi connectivity index (χ3v) is 7.25. The number of likely N-dealkylation sites (N-methyl/N-ethyl adjacent to an activating group) is 1. The van der Waals surface area contributed by atoms with Gasteiger partial charge in [-0.25, -0.2) is 4.79 Å². The lowest BCUT2D eigenvalue weighted by Gasteiger charge is -2.43. The summed E-state index contributed by atoms with van der Waals surface area (Å²) in [6, 6.07) is 11.5. The summed E-state index contributed by atoms with van der Waals surface area (Å²) in [7, 11) is 3.20. The van der Waals surface area contributed by atoms with Gasteiger partial charge in [-0.05, 0) is 37.2 Å². The lowest BCUT2D eigenvalue weighted by molar-refractivity contribution is -0.244. The second-order valence-corrected chi connectivity index (χ2v) is 9.05. The van der Waals surface area contributed by atoms with Crippen molar-refractivity contribution in [3.05, 3.63) is 47.5 Å². The van der Waals surface area contributed by atoms with Crippen LogP contribution in [0.5, 0.6) is 0 Å². The van der Waals surface area contributed by atoms with Gasteiger partial charge in [-0.3, -0.25) is 9.69 Å². The molecular weight excluding hydrogens is 386 g/mol. The summed E-state index contributed by atoms with van der Waals surface area (Å²) >= 11 is 0. The van der Waals surface area contributed by atoms with E-state index in [0.29, 0.717) is 12.1 Å². The van der Waals surface area contributed by atoms with E-state index in [0.717, 1.165) is 16.3 Å². The van der Waals surface area contributed by atoms with Crippen molar-refractivity contribution in [2.24, 2.45) is 5.92 Å². The molecule has 3 aliphatic heterocycles. The largest absolute Gasteiger partial charge is 0.467 e. The maximum atomic E-state index is 14.1. The summed E-state index contributed by atoms with van der Waals surface area (Å²) in [6.07, 6.45) is -1.22. The molecule has 3 heterocycles. The van der Waals surface area contributed by atoms with Crippen molar-refractivity contribution in [1.82, 2.24) is 4.90 Å². The number of hydrogen-bond acceptors (Lipinski definition) is 7. The fourth-order valence-electron chi connectivity index (χ4n) is 6.32. The molecule has 2 aromatic rings. The normalized spacial score (nSPS) is 38.4. The Kier molecular flexibility index (Phi) is 3.37. The zero-order valence-corrected chi connectivity index (χ0v) is 17.3. The molecule has 2 unspecified atom stereocenters. The molecule has 0 amide bonds. The number of fused-ring (bicyclic) bond motifs is 5. The minimum Gasteiger partial charge on any atom is -0.467 e. The molecule has 0 aromatic heterocycles. The van der Waals surface area contributed by atoms with E-state index in [2.05, 4.69) is 0 Å². The Labute approximate surface area is 173 Å². The molecule has 0 saturated carbocycles. The van der Waals surface area contributed by atoms with Crippen LogP contribution >= 0.6 is 0 Å². The number of hydrogen-bond donors (Lipinski definition) is 0. The van der Waals surface area contributed by atoms with E-state index in [4.69, 9.17) is 18.9 Å². The third-order valence-electron chi connectivity index (χ3n) is 7.25. The van der Waals surface area contributed by atoms with Gasteiger partial charge in [-0.1, -0.05) is 36.4 Å². The van der Waals surface area contributed by atoms with Crippen LogP contribution in [0.15, 0.2) is 36.4 Å². The summed E-state index contributed by atoms with van der Waals surface area (Å²) in [5.41, 5.74) is -1.53. The maximum Gasteiger partial charge on any atom is 0.341 e. The van der Waals surface area contributed by atoms with Crippen LogP contribution in [0, 0.1) is 5.92 Å². The van der Waals surface area contributed by atoms with Gasteiger partial charge in [0.15, 0.2) is 23.4 Å². The first kappa shape index (κ1) is 18.4. The van der Waals surface area contributed by atoms with Crippen LogP contribution in [-0.2, 0) is 29.3 Å². The molecule has 7 nitrogen and oxygen atoms in total. The highest BCUT2D eigenvalue weighted by atomic mass is 16.8. The van der Waals surface area contributed by atoms with E-state index in [1.807, 2.05) is 62.2 Å². The average Bonchev–Trinajstić information content (AvgIpc) is 3.34. The number of esters is 1. The van der Waals surface area contributed by atoms with E-state index in [1.54, 1.807) is 0 Å². The van der Waals surface area contributed by atoms with E-state index >= 15 is 0 Å². The van der Waals surface area contributed by atoms with Crippen molar-refractivity contribution < 1.29 is 28.5 Å². The van der Waals surface area contributed by atoms with Crippen molar-refractivity contribution in [1.29, 1.82) is 0 Å². The topological polar surface area (TPSA) is 74.3 Å². The van der Waals surface area contributed by atoms with E-state index in [-0.39, 0.29) is 5.78 Å². The predicted molar refractivity (Wildman–Crippen MR) is 106 cm³/mol. The number of benzene rings is 2. The van der Waals surface area contributed by atoms with Gasteiger partial charge in [0.05, 0.1) is 7.11 Å². The first-order valence-electron chi connectivity index (χ1n) is 10.2. The number of carbonyl (C=O) groups excluding carboxylic acids is 2. The molecule has 7 heteroatoms. The standard InChI is InChI=1S/C23H23NO6/c1-21(2)28-17-15-11-24(3)22(23(15,20(26)27-4)30-19(17)29-21)14-10-6-8-12-7-5-9-13(16(12)14)18(22)25/h5-10,15,17,19H,11H2,1-4H3/t15-,17?,19?,22+,23-/m1/s1. The molecule has 0 N–H and O–H groups in total. The molecule has 3 saturated heterocycles. The molecule has 2 aromatic carbocycles. The Morgan fingerprint density at radius 2 is 1.87 bits per heavy atom. The highest BCUT2D eigenvalue weighted by molar-refractivity contribution is 6.22. The minimum absolute atomic E-state index is 0.149. The van der Waals surface area contributed by atoms with Crippen LogP contribution in [-0.4, -0.2) is 61.1 Å².